The third-order valence-electron chi connectivity index (χ3n) is 4.78. The first-order chi connectivity index (χ1) is 14.3. The summed E-state index contributed by atoms with van der Waals surface area (Å²) in [7, 11) is 0. The second-order valence-corrected chi connectivity index (χ2v) is 6.93. The Hall–Kier alpha value is -3.58. The molecular weight excluding hydrogens is 368 g/mol. The summed E-state index contributed by atoms with van der Waals surface area (Å²) in [5.74, 6) is 3.26. The monoisotopic (exact) mass is 388 g/mol. The predicted octanol–water partition coefficient (Wildman–Crippen LogP) is 4.00. The third-order valence-corrected chi connectivity index (χ3v) is 4.78. The first-order valence-electron chi connectivity index (χ1n) is 9.42. The van der Waals surface area contributed by atoms with Crippen LogP contribution in [0.25, 0.3) is 11.5 Å². The summed E-state index contributed by atoms with van der Waals surface area (Å²) in [5.41, 5.74) is 3.16. The molecule has 4 aromatic rings. The molecule has 7 nitrogen and oxygen atoms in total. The lowest BCUT2D eigenvalue weighted by Crippen LogP contribution is -2.22. The van der Waals surface area contributed by atoms with Crippen molar-refractivity contribution < 1.29 is 13.9 Å². The van der Waals surface area contributed by atoms with Crippen LogP contribution in [0.2, 0.25) is 0 Å². The smallest absolute Gasteiger partial charge is 0.231 e. The molecule has 1 N–H and O–H groups in total. The number of hydrogen-bond donors (Lipinski definition) is 1. The molecule has 0 atom stereocenters. The Bertz CT molecular complexity index is 1080. The Balaban J connectivity index is 1.36. The third kappa shape index (κ3) is 4.00. The van der Waals surface area contributed by atoms with Crippen LogP contribution in [0, 0.1) is 0 Å². The maximum Gasteiger partial charge on any atom is 0.231 e. The number of hydrogen-bond acceptors (Lipinski definition) is 6. The lowest BCUT2D eigenvalue weighted by atomic mass is 10.1. The molecule has 0 spiro atoms. The van der Waals surface area contributed by atoms with E-state index in [-0.39, 0.29) is 6.79 Å². The number of nitrogens with one attached hydrogen (secondary N) is 1. The summed E-state index contributed by atoms with van der Waals surface area (Å²) in [5, 5.41) is 6.92. The van der Waals surface area contributed by atoms with Gasteiger partial charge in [0, 0.05) is 31.7 Å². The normalized spacial score (nSPS) is 12.6. The van der Waals surface area contributed by atoms with Crippen molar-refractivity contribution in [3.05, 3.63) is 84.0 Å². The van der Waals surface area contributed by atoms with E-state index in [0.717, 1.165) is 52.9 Å². The van der Waals surface area contributed by atoms with Crippen molar-refractivity contribution in [3.8, 4) is 23.0 Å². The number of ether oxygens (including phenoxy) is 2. The van der Waals surface area contributed by atoms with Gasteiger partial charge in [0.1, 0.15) is 11.5 Å². The topological polar surface area (TPSA) is 76.4 Å². The van der Waals surface area contributed by atoms with E-state index in [1.54, 1.807) is 12.4 Å². The largest absolute Gasteiger partial charge is 0.458 e. The lowest BCUT2D eigenvalue weighted by Gasteiger charge is -2.21. The molecule has 5 rings (SSSR count). The summed E-state index contributed by atoms with van der Waals surface area (Å²) in [6, 6.07) is 16.0. The van der Waals surface area contributed by atoms with Crippen LogP contribution in [0.1, 0.15) is 16.9 Å². The van der Waals surface area contributed by atoms with Crippen molar-refractivity contribution in [3.63, 3.8) is 0 Å². The molecule has 0 radical (unpaired) electrons. The van der Waals surface area contributed by atoms with Crippen LogP contribution in [-0.2, 0) is 19.6 Å². The minimum absolute atomic E-state index is 0.279. The molecule has 146 valence electrons. The quantitative estimate of drug-likeness (QED) is 0.516. The molecule has 0 saturated heterocycles. The fourth-order valence-corrected chi connectivity index (χ4v) is 3.44. The molecule has 0 unspecified atom stereocenters. The van der Waals surface area contributed by atoms with Gasteiger partial charge in [-0.25, -0.2) is 0 Å². The van der Waals surface area contributed by atoms with Gasteiger partial charge in [-0.15, -0.1) is 0 Å². The highest BCUT2D eigenvalue weighted by Gasteiger charge is 2.16. The maximum atomic E-state index is 6.03. The van der Waals surface area contributed by atoms with Gasteiger partial charge in [0.2, 0.25) is 6.79 Å². The Morgan fingerprint density at radius 1 is 0.897 bits per heavy atom. The van der Waals surface area contributed by atoms with E-state index < -0.39 is 0 Å². The van der Waals surface area contributed by atoms with Gasteiger partial charge in [0.25, 0.3) is 0 Å². The van der Waals surface area contributed by atoms with Gasteiger partial charge in [0.05, 0.1) is 6.54 Å². The minimum Gasteiger partial charge on any atom is -0.458 e. The van der Waals surface area contributed by atoms with Crippen molar-refractivity contribution in [1.29, 1.82) is 0 Å². The highest BCUT2D eigenvalue weighted by atomic mass is 16.7. The Labute approximate surface area is 167 Å². The minimum atomic E-state index is 0.279. The zero-order valence-electron chi connectivity index (χ0n) is 15.7. The van der Waals surface area contributed by atoms with Gasteiger partial charge in [-0.3, -0.25) is 15.0 Å². The Morgan fingerprint density at radius 2 is 1.83 bits per heavy atom. The number of rotatable bonds is 7. The van der Waals surface area contributed by atoms with Crippen LogP contribution < -0.4 is 9.47 Å². The maximum absolute atomic E-state index is 6.03. The van der Waals surface area contributed by atoms with Crippen molar-refractivity contribution in [2.45, 2.75) is 19.6 Å². The molecule has 3 aromatic heterocycles. The summed E-state index contributed by atoms with van der Waals surface area (Å²) < 4.78 is 17.0. The highest BCUT2D eigenvalue weighted by Crippen LogP contribution is 2.33. The zero-order chi connectivity index (χ0) is 19.5. The van der Waals surface area contributed by atoms with Crippen LogP contribution >= 0.6 is 0 Å². The number of furan rings is 1. The number of aromatic nitrogens is 3. The molecular formula is C22H20N4O3. The Kier molecular flexibility index (Phi) is 4.72. The van der Waals surface area contributed by atoms with Gasteiger partial charge in [-0.2, -0.15) is 5.10 Å². The van der Waals surface area contributed by atoms with Crippen molar-refractivity contribution >= 4 is 0 Å². The molecule has 1 aliphatic rings. The molecule has 0 saturated carbocycles. The second kappa shape index (κ2) is 7.81. The molecule has 4 heterocycles. The first-order valence-corrected chi connectivity index (χ1v) is 9.42. The van der Waals surface area contributed by atoms with E-state index in [1.165, 1.54) is 0 Å². The van der Waals surface area contributed by atoms with Crippen LogP contribution in [-0.4, -0.2) is 26.9 Å². The zero-order valence-corrected chi connectivity index (χ0v) is 15.7. The number of H-pyrrole nitrogens is 1. The van der Waals surface area contributed by atoms with E-state index in [4.69, 9.17) is 13.9 Å². The molecule has 1 aromatic carbocycles. The molecule has 0 aliphatic carbocycles. The number of aromatic amines is 1. The van der Waals surface area contributed by atoms with E-state index >= 15 is 0 Å². The van der Waals surface area contributed by atoms with Crippen molar-refractivity contribution in [1.82, 2.24) is 20.1 Å². The standard InChI is InChI=1S/C22H20N4O3/c1-2-17(11-23-8-1)13-26(12-16-3-5-21-22(10-16)28-15-27-21)14-18-4-6-20(29-18)19-7-9-24-25-19/h1-11H,12-15H2,(H,24,25). The highest BCUT2D eigenvalue weighted by molar-refractivity contribution is 5.51. The van der Waals surface area contributed by atoms with E-state index in [0.29, 0.717) is 6.54 Å². The van der Waals surface area contributed by atoms with Crippen LogP contribution in [0.15, 0.2) is 71.5 Å². The van der Waals surface area contributed by atoms with Gasteiger partial charge in [-0.05, 0) is 47.5 Å². The number of nitrogens with zero attached hydrogens (tertiary/aromatic N) is 3. The van der Waals surface area contributed by atoms with E-state index in [1.807, 2.05) is 42.6 Å². The molecule has 0 fully saturated rings. The first kappa shape index (κ1) is 17.5. The molecule has 1 aliphatic heterocycles. The van der Waals surface area contributed by atoms with E-state index in [2.05, 4.69) is 32.2 Å². The van der Waals surface area contributed by atoms with Crippen LogP contribution in [0.5, 0.6) is 11.5 Å². The average Bonchev–Trinajstić information content (AvgIpc) is 3.50. The number of fused-ring (bicyclic) bond motifs is 1. The molecule has 0 bridgehead atoms. The Morgan fingerprint density at radius 3 is 2.69 bits per heavy atom. The van der Waals surface area contributed by atoms with Crippen molar-refractivity contribution in [2.24, 2.45) is 0 Å². The van der Waals surface area contributed by atoms with Crippen molar-refractivity contribution in [2.75, 3.05) is 6.79 Å². The number of pyridine rings is 1. The SMILES string of the molecule is c1cncc(CN(Cc2ccc3c(c2)OCO3)Cc2ccc(-c3ccn[nH]3)o2)c1. The molecule has 29 heavy (non-hydrogen) atoms. The van der Waals surface area contributed by atoms with Gasteiger partial charge < -0.3 is 13.9 Å². The number of benzene rings is 1. The fraction of sp³-hybridized carbons (Fsp3) is 0.182. The predicted molar refractivity (Wildman–Crippen MR) is 106 cm³/mol. The van der Waals surface area contributed by atoms with E-state index in [9.17, 15) is 0 Å². The fourth-order valence-electron chi connectivity index (χ4n) is 3.44. The average molecular weight is 388 g/mol. The van der Waals surface area contributed by atoms with Gasteiger partial charge >= 0.3 is 0 Å². The van der Waals surface area contributed by atoms with Gasteiger partial charge in [-0.1, -0.05) is 12.1 Å². The summed E-state index contributed by atoms with van der Waals surface area (Å²) in [4.78, 5) is 6.55. The second-order valence-electron chi connectivity index (χ2n) is 6.93. The lowest BCUT2D eigenvalue weighted by molar-refractivity contribution is 0.174. The summed E-state index contributed by atoms with van der Waals surface area (Å²) in [6.45, 7) is 2.44. The summed E-state index contributed by atoms with van der Waals surface area (Å²) >= 11 is 0. The van der Waals surface area contributed by atoms with Crippen LogP contribution in [0.4, 0.5) is 0 Å². The van der Waals surface area contributed by atoms with Crippen LogP contribution in [0.3, 0.4) is 0 Å². The summed E-state index contributed by atoms with van der Waals surface area (Å²) in [6.07, 6.45) is 5.39. The molecule has 0 amide bonds. The molecule has 7 heteroatoms. The van der Waals surface area contributed by atoms with Gasteiger partial charge in [0.15, 0.2) is 17.3 Å².